The predicted octanol–water partition coefficient (Wildman–Crippen LogP) is 8.04. The Balaban J connectivity index is 1.48. The van der Waals surface area contributed by atoms with E-state index in [1.54, 1.807) is 5.57 Å². The first-order chi connectivity index (χ1) is 13.8. The van der Waals surface area contributed by atoms with Crippen LogP contribution in [-0.4, -0.2) is 13.2 Å². The van der Waals surface area contributed by atoms with Crippen LogP contribution in [0.25, 0.3) is 0 Å². The van der Waals surface area contributed by atoms with Crippen molar-refractivity contribution in [3.8, 4) is 0 Å². The van der Waals surface area contributed by atoms with Crippen molar-refractivity contribution in [3.63, 3.8) is 0 Å². The van der Waals surface area contributed by atoms with Gasteiger partial charge < -0.3 is 4.74 Å². The third-order valence-electron chi connectivity index (χ3n) is 10.6. The molecule has 29 heavy (non-hydrogen) atoms. The van der Waals surface area contributed by atoms with Crippen molar-refractivity contribution in [1.82, 2.24) is 0 Å². The topological polar surface area (TPSA) is 9.23 Å². The number of allylic oxidation sites excluding steroid dienone is 1. The molecule has 0 bridgehead atoms. The normalized spacial score (nSPS) is 45.3. The minimum Gasteiger partial charge on any atom is -0.377 e. The Bertz CT molecular complexity index is 605. The Morgan fingerprint density at radius 3 is 2.48 bits per heavy atom. The fraction of sp³-hybridized carbons (Fsp3) is 0.929. The van der Waals surface area contributed by atoms with Gasteiger partial charge in [-0.25, -0.2) is 0 Å². The van der Waals surface area contributed by atoms with Crippen LogP contribution in [0.5, 0.6) is 0 Å². The third-order valence-corrected chi connectivity index (χ3v) is 10.6. The molecule has 0 N–H and O–H groups in total. The molecule has 0 amide bonds. The smallest absolute Gasteiger partial charge is 0.0755 e. The fourth-order valence-corrected chi connectivity index (χ4v) is 8.91. The lowest BCUT2D eigenvalue weighted by Crippen LogP contribution is -2.51. The number of fused-ring (bicyclic) bond motifs is 5. The summed E-state index contributed by atoms with van der Waals surface area (Å²) in [7, 11) is 1.89. The Morgan fingerprint density at radius 1 is 0.966 bits per heavy atom. The molecule has 166 valence electrons. The molecule has 1 nitrogen and oxygen atoms in total. The van der Waals surface area contributed by atoms with Crippen LogP contribution in [0.2, 0.25) is 0 Å². The van der Waals surface area contributed by atoms with E-state index in [0.29, 0.717) is 16.9 Å². The minimum absolute atomic E-state index is 0.381. The largest absolute Gasteiger partial charge is 0.377 e. The first-order valence-corrected chi connectivity index (χ1v) is 13.0. The molecule has 4 aliphatic carbocycles. The molecule has 8 atom stereocenters. The van der Waals surface area contributed by atoms with Gasteiger partial charge in [-0.2, -0.15) is 0 Å². The number of ether oxygens (including phenoxy) is 1. The Hall–Kier alpha value is -0.300. The summed E-state index contributed by atoms with van der Waals surface area (Å²) >= 11 is 0. The monoisotopic (exact) mass is 400 g/mol. The molecule has 0 aromatic carbocycles. The van der Waals surface area contributed by atoms with Gasteiger partial charge in [0.15, 0.2) is 0 Å². The van der Waals surface area contributed by atoms with Crippen LogP contribution in [0, 0.1) is 46.3 Å². The van der Waals surface area contributed by atoms with Gasteiger partial charge in [0.2, 0.25) is 0 Å². The molecule has 1 heteroatoms. The van der Waals surface area contributed by atoms with Gasteiger partial charge in [0.25, 0.3) is 0 Å². The minimum atomic E-state index is 0.381. The predicted molar refractivity (Wildman–Crippen MR) is 124 cm³/mol. The Kier molecular flexibility index (Phi) is 6.29. The van der Waals surface area contributed by atoms with Crippen molar-refractivity contribution in [2.24, 2.45) is 46.3 Å². The van der Waals surface area contributed by atoms with E-state index in [-0.39, 0.29) is 0 Å². The number of rotatable bonds is 6. The van der Waals surface area contributed by atoms with Crippen LogP contribution in [-0.2, 0) is 4.74 Å². The maximum absolute atomic E-state index is 5.72. The van der Waals surface area contributed by atoms with E-state index in [1.165, 1.54) is 70.6 Å². The fourth-order valence-electron chi connectivity index (χ4n) is 8.91. The highest BCUT2D eigenvalue weighted by Gasteiger charge is 2.59. The van der Waals surface area contributed by atoms with Gasteiger partial charge in [-0.1, -0.05) is 65.5 Å². The van der Waals surface area contributed by atoms with Crippen molar-refractivity contribution >= 4 is 0 Å². The summed E-state index contributed by atoms with van der Waals surface area (Å²) in [6.07, 6.45) is 18.6. The van der Waals surface area contributed by atoms with Gasteiger partial charge in [0.05, 0.1) is 6.10 Å². The van der Waals surface area contributed by atoms with E-state index in [2.05, 4.69) is 40.7 Å². The Morgan fingerprint density at radius 2 is 1.76 bits per heavy atom. The third kappa shape index (κ3) is 3.77. The molecule has 3 fully saturated rings. The molecule has 0 aromatic heterocycles. The van der Waals surface area contributed by atoms with Gasteiger partial charge >= 0.3 is 0 Å². The quantitative estimate of drug-likeness (QED) is 0.410. The van der Waals surface area contributed by atoms with Crippen LogP contribution < -0.4 is 0 Å². The summed E-state index contributed by atoms with van der Waals surface area (Å²) in [6, 6.07) is 0. The van der Waals surface area contributed by atoms with E-state index < -0.39 is 0 Å². The molecule has 0 radical (unpaired) electrons. The van der Waals surface area contributed by atoms with Crippen molar-refractivity contribution < 1.29 is 4.74 Å². The van der Waals surface area contributed by atoms with Gasteiger partial charge in [-0.05, 0) is 97.7 Å². The lowest BCUT2D eigenvalue weighted by atomic mass is 9.46. The van der Waals surface area contributed by atoms with Crippen molar-refractivity contribution in [2.45, 2.75) is 111 Å². The number of hydrogen-bond acceptors (Lipinski definition) is 1. The van der Waals surface area contributed by atoms with E-state index in [1.807, 2.05) is 7.11 Å². The SMILES string of the molecule is CO[C@@H]1C=C2CC[C@H]3[C@@H]4CC[C@H]([C@H](C)CCCC(C)C)[C@@]4(C)CC[C@@H]3[C@@]2(C)CC1. The molecule has 0 aliphatic heterocycles. The van der Waals surface area contributed by atoms with Gasteiger partial charge in [0, 0.05) is 7.11 Å². The van der Waals surface area contributed by atoms with Crippen LogP contribution in [0.1, 0.15) is 105 Å². The zero-order chi connectivity index (χ0) is 20.8. The molecular formula is C28H48O. The summed E-state index contributed by atoms with van der Waals surface area (Å²) in [6.45, 7) is 12.7. The van der Waals surface area contributed by atoms with Gasteiger partial charge in [-0.3, -0.25) is 0 Å². The second-order valence-corrected chi connectivity index (χ2v) is 12.4. The van der Waals surface area contributed by atoms with Crippen LogP contribution in [0.3, 0.4) is 0 Å². The van der Waals surface area contributed by atoms with E-state index in [9.17, 15) is 0 Å². The second kappa shape index (κ2) is 8.33. The Labute approximate surface area is 181 Å². The lowest BCUT2D eigenvalue weighted by molar-refractivity contribution is -0.0638. The zero-order valence-corrected chi connectivity index (χ0v) is 20.3. The summed E-state index contributed by atoms with van der Waals surface area (Å²) in [4.78, 5) is 0. The summed E-state index contributed by atoms with van der Waals surface area (Å²) < 4.78 is 5.72. The highest BCUT2D eigenvalue weighted by Crippen LogP contribution is 2.67. The molecular weight excluding hydrogens is 352 g/mol. The van der Waals surface area contributed by atoms with Crippen LogP contribution in [0.4, 0.5) is 0 Å². The number of hydrogen-bond donors (Lipinski definition) is 0. The van der Waals surface area contributed by atoms with Crippen LogP contribution >= 0.6 is 0 Å². The zero-order valence-electron chi connectivity index (χ0n) is 20.3. The highest BCUT2D eigenvalue weighted by molar-refractivity contribution is 5.25. The second-order valence-electron chi connectivity index (χ2n) is 12.4. The molecule has 0 aromatic rings. The molecule has 4 rings (SSSR count). The standard InChI is InChI=1S/C28H48O/c1-19(2)8-7-9-20(3)24-12-13-25-23-11-10-21-18-22(29-6)14-16-27(21,4)26(23)15-17-28(24,25)5/h18-20,22-26H,7-17H2,1-6H3/t20-,22+,23+,24-,25+,26+,27+,28-/m1/s1. The molecule has 0 saturated heterocycles. The summed E-state index contributed by atoms with van der Waals surface area (Å²) in [5.74, 6) is 5.69. The van der Waals surface area contributed by atoms with Crippen molar-refractivity contribution in [2.75, 3.05) is 7.11 Å². The average Bonchev–Trinajstić information content (AvgIpc) is 3.04. The van der Waals surface area contributed by atoms with Crippen molar-refractivity contribution in [3.05, 3.63) is 11.6 Å². The summed E-state index contributed by atoms with van der Waals surface area (Å²) in [5.41, 5.74) is 2.86. The molecule has 0 unspecified atom stereocenters. The lowest BCUT2D eigenvalue weighted by Gasteiger charge is -2.59. The van der Waals surface area contributed by atoms with E-state index >= 15 is 0 Å². The average molecular weight is 401 g/mol. The van der Waals surface area contributed by atoms with E-state index in [4.69, 9.17) is 4.74 Å². The number of methoxy groups -OCH3 is 1. The maximum atomic E-state index is 5.72. The maximum Gasteiger partial charge on any atom is 0.0755 e. The molecule has 4 aliphatic rings. The molecule has 0 heterocycles. The first kappa shape index (κ1) is 21.9. The molecule has 3 saturated carbocycles. The summed E-state index contributed by atoms with van der Waals surface area (Å²) in [5, 5.41) is 0. The first-order valence-electron chi connectivity index (χ1n) is 13.0. The van der Waals surface area contributed by atoms with E-state index in [0.717, 1.165) is 35.5 Å². The molecule has 0 spiro atoms. The van der Waals surface area contributed by atoms with Gasteiger partial charge in [-0.15, -0.1) is 0 Å². The van der Waals surface area contributed by atoms with Crippen LogP contribution in [0.15, 0.2) is 11.6 Å². The van der Waals surface area contributed by atoms with Crippen molar-refractivity contribution in [1.29, 1.82) is 0 Å². The highest BCUT2D eigenvalue weighted by atomic mass is 16.5. The van der Waals surface area contributed by atoms with Gasteiger partial charge in [0.1, 0.15) is 0 Å².